The number of nitrogens with zero attached hydrogens (tertiary/aromatic N) is 4. The van der Waals surface area contributed by atoms with Crippen LogP contribution in [0.15, 0.2) is 30.3 Å². The fraction of sp³-hybridized carbons (Fsp3) is 0.524. The average Bonchev–Trinajstić information content (AvgIpc) is 3.30. The summed E-state index contributed by atoms with van der Waals surface area (Å²) in [6, 6.07) is 9.98. The predicted molar refractivity (Wildman–Crippen MR) is 104 cm³/mol. The van der Waals surface area contributed by atoms with Crippen molar-refractivity contribution in [3.63, 3.8) is 0 Å². The van der Waals surface area contributed by atoms with Crippen LogP contribution in [0.4, 0.5) is 0 Å². The molecule has 1 aromatic carbocycles. The zero-order chi connectivity index (χ0) is 18.8. The summed E-state index contributed by atoms with van der Waals surface area (Å²) in [6.07, 6.45) is 2.71. The zero-order valence-corrected chi connectivity index (χ0v) is 16.2. The second-order valence-corrected chi connectivity index (χ2v) is 7.52. The third kappa shape index (κ3) is 3.77. The van der Waals surface area contributed by atoms with E-state index in [2.05, 4.69) is 10.00 Å². The third-order valence-electron chi connectivity index (χ3n) is 5.65. The number of amides is 1. The highest BCUT2D eigenvalue weighted by Crippen LogP contribution is 2.21. The maximum atomic E-state index is 13.2. The fourth-order valence-electron chi connectivity index (χ4n) is 4.14. The largest absolute Gasteiger partial charge is 0.377 e. The van der Waals surface area contributed by atoms with Crippen LogP contribution in [0.2, 0.25) is 0 Å². The topological polar surface area (TPSA) is 50.6 Å². The quantitative estimate of drug-likeness (QED) is 0.832. The van der Waals surface area contributed by atoms with Crippen molar-refractivity contribution in [2.45, 2.75) is 32.8 Å². The predicted octanol–water partition coefficient (Wildman–Crippen LogP) is 2.43. The van der Waals surface area contributed by atoms with Crippen molar-refractivity contribution < 1.29 is 9.53 Å². The lowest BCUT2D eigenvalue weighted by Crippen LogP contribution is -2.50. The molecule has 1 aromatic heterocycles. The summed E-state index contributed by atoms with van der Waals surface area (Å²) in [5.74, 6) is 0.101. The van der Waals surface area contributed by atoms with Crippen molar-refractivity contribution in [3.8, 4) is 5.69 Å². The molecule has 0 spiro atoms. The molecule has 0 saturated carbocycles. The van der Waals surface area contributed by atoms with E-state index in [1.165, 1.54) is 6.42 Å². The zero-order valence-electron chi connectivity index (χ0n) is 16.2. The monoisotopic (exact) mass is 368 g/mol. The fourth-order valence-corrected chi connectivity index (χ4v) is 4.14. The molecule has 0 aliphatic carbocycles. The summed E-state index contributed by atoms with van der Waals surface area (Å²) < 4.78 is 7.61. The van der Waals surface area contributed by atoms with Crippen molar-refractivity contribution >= 4 is 5.91 Å². The number of benzene rings is 1. The van der Waals surface area contributed by atoms with Gasteiger partial charge in [0, 0.05) is 39.3 Å². The van der Waals surface area contributed by atoms with E-state index in [4.69, 9.17) is 4.74 Å². The highest BCUT2D eigenvalue weighted by molar-refractivity contribution is 5.96. The number of piperazine rings is 1. The van der Waals surface area contributed by atoms with Gasteiger partial charge in [0.2, 0.25) is 0 Å². The van der Waals surface area contributed by atoms with Gasteiger partial charge in [-0.25, -0.2) is 4.68 Å². The van der Waals surface area contributed by atoms with Gasteiger partial charge in [-0.15, -0.1) is 0 Å². The Labute approximate surface area is 160 Å². The summed E-state index contributed by atoms with van der Waals surface area (Å²) in [5.41, 5.74) is 3.43. The van der Waals surface area contributed by atoms with E-state index in [9.17, 15) is 4.79 Å². The molecule has 4 rings (SSSR count). The lowest BCUT2D eigenvalue weighted by Gasteiger charge is -2.35. The minimum atomic E-state index is 0.101. The van der Waals surface area contributed by atoms with Crippen LogP contribution < -0.4 is 0 Å². The van der Waals surface area contributed by atoms with Crippen molar-refractivity contribution in [3.05, 3.63) is 47.3 Å². The molecule has 0 bridgehead atoms. The number of carbonyl (C=O) groups is 1. The first-order chi connectivity index (χ1) is 13.1. The number of hydrogen-bond donors (Lipinski definition) is 0. The molecule has 2 fully saturated rings. The van der Waals surface area contributed by atoms with Crippen LogP contribution in [0.25, 0.3) is 5.69 Å². The molecular formula is C21H28N4O2. The molecule has 2 aromatic rings. The number of rotatable bonds is 4. The first kappa shape index (κ1) is 18.2. The van der Waals surface area contributed by atoms with Crippen molar-refractivity contribution in [2.75, 3.05) is 39.3 Å². The van der Waals surface area contributed by atoms with E-state index in [0.29, 0.717) is 6.10 Å². The molecule has 2 saturated heterocycles. The van der Waals surface area contributed by atoms with Gasteiger partial charge in [-0.2, -0.15) is 5.10 Å². The summed E-state index contributed by atoms with van der Waals surface area (Å²) in [7, 11) is 0. The normalized spacial score (nSPS) is 21.0. The summed E-state index contributed by atoms with van der Waals surface area (Å²) in [6.45, 7) is 9.15. The lowest BCUT2D eigenvalue weighted by atomic mass is 10.1. The van der Waals surface area contributed by atoms with E-state index in [1.807, 2.05) is 53.8 Å². The van der Waals surface area contributed by atoms with Gasteiger partial charge < -0.3 is 9.64 Å². The molecule has 3 heterocycles. The van der Waals surface area contributed by atoms with Crippen molar-refractivity contribution in [2.24, 2.45) is 0 Å². The Hall–Kier alpha value is -2.18. The van der Waals surface area contributed by atoms with Gasteiger partial charge in [0.05, 0.1) is 28.7 Å². The smallest absolute Gasteiger partial charge is 0.257 e. The SMILES string of the molecule is Cc1nn(-c2ccccc2)c(C)c1C(=O)N1CCN(CC2CCCO2)CC1. The second kappa shape index (κ2) is 7.82. The van der Waals surface area contributed by atoms with Crippen molar-refractivity contribution in [1.29, 1.82) is 0 Å². The van der Waals surface area contributed by atoms with Crippen LogP contribution >= 0.6 is 0 Å². The first-order valence-electron chi connectivity index (χ1n) is 9.88. The standard InChI is InChI=1S/C21H28N4O2/c1-16-20(17(2)25(22-16)18-7-4-3-5-8-18)21(26)24-12-10-23(11-13-24)15-19-9-6-14-27-19/h3-5,7-8,19H,6,9-15H2,1-2H3. The average molecular weight is 368 g/mol. The van der Waals surface area contributed by atoms with Gasteiger partial charge >= 0.3 is 0 Å². The molecule has 0 N–H and O–H groups in total. The summed E-state index contributed by atoms with van der Waals surface area (Å²) in [4.78, 5) is 17.6. The van der Waals surface area contributed by atoms with Gasteiger partial charge in [-0.05, 0) is 38.8 Å². The van der Waals surface area contributed by atoms with Crippen LogP contribution in [-0.4, -0.2) is 70.9 Å². The molecule has 27 heavy (non-hydrogen) atoms. The summed E-state index contributed by atoms with van der Waals surface area (Å²) >= 11 is 0. The Morgan fingerprint density at radius 1 is 1.15 bits per heavy atom. The third-order valence-corrected chi connectivity index (χ3v) is 5.65. The van der Waals surface area contributed by atoms with Gasteiger partial charge in [0.25, 0.3) is 5.91 Å². The number of para-hydroxylation sites is 1. The maximum absolute atomic E-state index is 13.2. The molecule has 1 unspecified atom stereocenters. The lowest BCUT2D eigenvalue weighted by molar-refractivity contribution is 0.0432. The Morgan fingerprint density at radius 2 is 1.89 bits per heavy atom. The Kier molecular flexibility index (Phi) is 5.27. The molecule has 2 aliphatic rings. The number of ether oxygens (including phenoxy) is 1. The van der Waals surface area contributed by atoms with Crippen LogP contribution in [0.5, 0.6) is 0 Å². The van der Waals surface area contributed by atoms with Gasteiger partial charge in [0.1, 0.15) is 0 Å². The van der Waals surface area contributed by atoms with E-state index in [-0.39, 0.29) is 5.91 Å². The first-order valence-corrected chi connectivity index (χ1v) is 9.88. The van der Waals surface area contributed by atoms with Gasteiger partial charge in [0.15, 0.2) is 0 Å². The minimum absolute atomic E-state index is 0.101. The molecule has 1 atom stereocenters. The Morgan fingerprint density at radius 3 is 2.56 bits per heavy atom. The van der Waals surface area contributed by atoms with E-state index >= 15 is 0 Å². The van der Waals surface area contributed by atoms with E-state index < -0.39 is 0 Å². The maximum Gasteiger partial charge on any atom is 0.257 e. The van der Waals surface area contributed by atoms with Crippen LogP contribution in [0.3, 0.4) is 0 Å². The number of carbonyl (C=O) groups excluding carboxylic acids is 1. The van der Waals surface area contributed by atoms with Crippen LogP contribution in [0.1, 0.15) is 34.6 Å². The molecular weight excluding hydrogens is 340 g/mol. The van der Waals surface area contributed by atoms with E-state index in [1.54, 1.807) is 0 Å². The number of aromatic nitrogens is 2. The number of hydrogen-bond acceptors (Lipinski definition) is 4. The van der Waals surface area contributed by atoms with Gasteiger partial charge in [-0.1, -0.05) is 18.2 Å². The molecule has 2 aliphatic heterocycles. The Bertz CT molecular complexity index is 788. The molecule has 6 heteroatoms. The molecule has 6 nitrogen and oxygen atoms in total. The number of aryl methyl sites for hydroxylation is 1. The van der Waals surface area contributed by atoms with Gasteiger partial charge in [-0.3, -0.25) is 9.69 Å². The molecule has 1 amide bonds. The van der Waals surface area contributed by atoms with Crippen LogP contribution in [-0.2, 0) is 4.74 Å². The molecule has 0 radical (unpaired) electrons. The summed E-state index contributed by atoms with van der Waals surface area (Å²) in [5, 5.41) is 4.62. The minimum Gasteiger partial charge on any atom is -0.377 e. The second-order valence-electron chi connectivity index (χ2n) is 7.52. The molecule has 144 valence electrons. The highest BCUT2D eigenvalue weighted by Gasteiger charge is 2.28. The Balaban J connectivity index is 1.44. The van der Waals surface area contributed by atoms with Crippen LogP contribution in [0, 0.1) is 13.8 Å². The highest BCUT2D eigenvalue weighted by atomic mass is 16.5. The van der Waals surface area contributed by atoms with E-state index in [0.717, 1.165) is 68.4 Å². The van der Waals surface area contributed by atoms with Crippen molar-refractivity contribution in [1.82, 2.24) is 19.6 Å².